The normalized spacial score (nSPS) is 17.4. The molecule has 0 spiro atoms. The Hall–Kier alpha value is -1.83. The third kappa shape index (κ3) is 4.69. The predicted molar refractivity (Wildman–Crippen MR) is 75.8 cm³/mol. The molecule has 0 radical (unpaired) electrons. The van der Waals surface area contributed by atoms with E-state index in [2.05, 4.69) is 17.2 Å². The monoisotopic (exact) mass is 273 g/mol. The van der Waals surface area contributed by atoms with Gasteiger partial charge in [0.05, 0.1) is 12.5 Å². The molecule has 1 aromatic carbocycles. The highest BCUT2D eigenvalue weighted by Crippen LogP contribution is 2.15. The van der Waals surface area contributed by atoms with Gasteiger partial charge >= 0.3 is 0 Å². The van der Waals surface area contributed by atoms with Gasteiger partial charge in [0, 0.05) is 18.7 Å². The van der Waals surface area contributed by atoms with Crippen molar-refractivity contribution in [3.8, 4) is 11.8 Å². The second-order valence-corrected chi connectivity index (χ2v) is 4.77. The van der Waals surface area contributed by atoms with E-state index in [1.54, 1.807) is 0 Å². The Labute approximate surface area is 119 Å². The van der Waals surface area contributed by atoms with Crippen LogP contribution in [0.15, 0.2) is 24.3 Å². The maximum absolute atomic E-state index is 11.7. The molecular weight excluding hydrogens is 254 g/mol. The van der Waals surface area contributed by atoms with Gasteiger partial charge in [0.1, 0.15) is 6.61 Å². The van der Waals surface area contributed by atoms with Crippen LogP contribution in [0.3, 0.4) is 0 Å². The van der Waals surface area contributed by atoms with E-state index in [1.165, 1.54) is 0 Å². The summed E-state index contributed by atoms with van der Waals surface area (Å²) < 4.78 is 5.43. The Morgan fingerprint density at radius 2 is 2.20 bits per heavy atom. The van der Waals surface area contributed by atoms with Gasteiger partial charge in [0.15, 0.2) is 0 Å². The number of nitrogens with one attached hydrogen (secondary N) is 1. The molecule has 4 nitrogen and oxygen atoms in total. The summed E-state index contributed by atoms with van der Waals surface area (Å²) >= 11 is 0. The first-order valence-corrected chi connectivity index (χ1v) is 6.85. The topological polar surface area (TPSA) is 58.6 Å². The molecule has 1 aliphatic rings. The molecule has 1 saturated heterocycles. The smallest absolute Gasteiger partial charge is 0.222 e. The molecule has 2 rings (SSSR count). The Bertz CT molecular complexity index is 493. The molecule has 1 amide bonds. The first-order valence-electron chi connectivity index (χ1n) is 6.85. The number of hydrogen-bond donors (Lipinski definition) is 2. The van der Waals surface area contributed by atoms with Gasteiger partial charge in [-0.05, 0) is 30.5 Å². The van der Waals surface area contributed by atoms with Gasteiger partial charge in [-0.25, -0.2) is 0 Å². The van der Waals surface area contributed by atoms with Gasteiger partial charge in [-0.3, -0.25) is 4.79 Å². The number of ether oxygens (including phenoxy) is 1. The summed E-state index contributed by atoms with van der Waals surface area (Å²) in [7, 11) is 0. The van der Waals surface area contributed by atoms with Crippen molar-refractivity contribution in [1.82, 2.24) is 5.32 Å². The standard InChI is InChI=1S/C16H19NO3/c18-9-1-3-13-5-7-14(8-6-13)12-17-16(19)11-15-4-2-10-20-15/h5-8,15,18H,2,4,9-12H2,(H,17,19). The van der Waals surface area contributed by atoms with Gasteiger partial charge in [-0.15, -0.1) is 0 Å². The number of hydrogen-bond acceptors (Lipinski definition) is 3. The summed E-state index contributed by atoms with van der Waals surface area (Å²) in [6.07, 6.45) is 2.56. The highest BCUT2D eigenvalue weighted by Gasteiger charge is 2.18. The number of aliphatic hydroxyl groups is 1. The van der Waals surface area contributed by atoms with E-state index in [1.807, 2.05) is 24.3 Å². The summed E-state index contributed by atoms with van der Waals surface area (Å²) in [4.78, 5) is 11.7. The molecule has 0 aliphatic carbocycles. The molecule has 0 saturated carbocycles. The summed E-state index contributed by atoms with van der Waals surface area (Å²) in [5, 5.41) is 11.5. The number of rotatable bonds is 4. The first kappa shape index (κ1) is 14.6. The van der Waals surface area contributed by atoms with Crippen LogP contribution in [0, 0.1) is 11.8 Å². The highest BCUT2D eigenvalue weighted by atomic mass is 16.5. The van der Waals surface area contributed by atoms with Crippen molar-refractivity contribution >= 4 is 5.91 Å². The lowest BCUT2D eigenvalue weighted by Crippen LogP contribution is -2.26. The second-order valence-electron chi connectivity index (χ2n) is 4.77. The van der Waals surface area contributed by atoms with Crippen LogP contribution in [0.2, 0.25) is 0 Å². The van der Waals surface area contributed by atoms with Crippen LogP contribution in [0.25, 0.3) is 0 Å². The minimum Gasteiger partial charge on any atom is -0.384 e. The zero-order valence-electron chi connectivity index (χ0n) is 11.4. The summed E-state index contributed by atoms with van der Waals surface area (Å²) in [6.45, 7) is 1.15. The van der Waals surface area contributed by atoms with Crippen molar-refractivity contribution in [3.05, 3.63) is 35.4 Å². The SMILES string of the molecule is O=C(CC1CCCO1)NCc1ccc(C#CCO)cc1. The lowest BCUT2D eigenvalue weighted by atomic mass is 10.1. The molecule has 0 bridgehead atoms. The van der Waals surface area contributed by atoms with E-state index >= 15 is 0 Å². The molecule has 20 heavy (non-hydrogen) atoms. The van der Waals surface area contributed by atoms with E-state index in [0.717, 1.165) is 30.6 Å². The van der Waals surface area contributed by atoms with Gasteiger partial charge in [0.25, 0.3) is 0 Å². The third-order valence-electron chi connectivity index (χ3n) is 3.19. The van der Waals surface area contributed by atoms with Crippen LogP contribution in [0.4, 0.5) is 0 Å². The zero-order chi connectivity index (χ0) is 14.2. The van der Waals surface area contributed by atoms with E-state index < -0.39 is 0 Å². The van der Waals surface area contributed by atoms with Crippen LogP contribution >= 0.6 is 0 Å². The largest absolute Gasteiger partial charge is 0.384 e. The fourth-order valence-corrected chi connectivity index (χ4v) is 2.13. The molecule has 1 unspecified atom stereocenters. The molecule has 1 aliphatic heterocycles. The van der Waals surface area contributed by atoms with Crippen LogP contribution in [-0.4, -0.2) is 30.3 Å². The Morgan fingerprint density at radius 3 is 2.85 bits per heavy atom. The molecule has 4 heteroatoms. The van der Waals surface area contributed by atoms with E-state index in [9.17, 15) is 4.79 Å². The van der Waals surface area contributed by atoms with Crippen molar-refractivity contribution in [2.45, 2.75) is 31.9 Å². The van der Waals surface area contributed by atoms with Crippen LogP contribution in [0.1, 0.15) is 30.4 Å². The van der Waals surface area contributed by atoms with Crippen LogP contribution in [0.5, 0.6) is 0 Å². The van der Waals surface area contributed by atoms with E-state index in [4.69, 9.17) is 9.84 Å². The Kier molecular flexibility index (Phi) is 5.60. The van der Waals surface area contributed by atoms with Gasteiger partial charge in [0.2, 0.25) is 5.91 Å². The minimum atomic E-state index is -0.138. The molecule has 0 aromatic heterocycles. The molecular formula is C16H19NO3. The minimum absolute atomic E-state index is 0.0287. The lowest BCUT2D eigenvalue weighted by Gasteiger charge is -2.09. The van der Waals surface area contributed by atoms with Crippen molar-refractivity contribution in [3.63, 3.8) is 0 Å². The molecule has 106 valence electrons. The average Bonchev–Trinajstić information content (AvgIpc) is 2.97. The number of carbonyl (C=O) groups is 1. The highest BCUT2D eigenvalue weighted by molar-refractivity contribution is 5.76. The number of aliphatic hydroxyl groups excluding tert-OH is 1. The maximum atomic E-state index is 11.7. The van der Waals surface area contributed by atoms with Gasteiger partial charge in [-0.1, -0.05) is 24.0 Å². The number of benzene rings is 1. The van der Waals surface area contributed by atoms with Crippen molar-refractivity contribution in [1.29, 1.82) is 0 Å². The molecule has 1 fully saturated rings. The molecule has 1 heterocycles. The third-order valence-corrected chi connectivity index (χ3v) is 3.19. The van der Waals surface area contributed by atoms with Gasteiger partial charge in [-0.2, -0.15) is 0 Å². The average molecular weight is 273 g/mol. The summed E-state index contributed by atoms with van der Waals surface area (Å²) in [6, 6.07) is 7.61. The number of carbonyl (C=O) groups excluding carboxylic acids is 1. The molecule has 1 aromatic rings. The fraction of sp³-hybridized carbons (Fsp3) is 0.438. The van der Waals surface area contributed by atoms with Crippen LogP contribution < -0.4 is 5.32 Å². The summed E-state index contributed by atoms with van der Waals surface area (Å²) in [5.41, 5.74) is 1.88. The lowest BCUT2D eigenvalue weighted by molar-refractivity contribution is -0.123. The van der Waals surface area contributed by atoms with Crippen LogP contribution in [-0.2, 0) is 16.1 Å². The van der Waals surface area contributed by atoms with Crippen molar-refractivity contribution in [2.24, 2.45) is 0 Å². The number of amides is 1. The fourth-order valence-electron chi connectivity index (χ4n) is 2.13. The van der Waals surface area contributed by atoms with Crippen molar-refractivity contribution in [2.75, 3.05) is 13.2 Å². The Balaban J connectivity index is 1.76. The second kappa shape index (κ2) is 7.68. The van der Waals surface area contributed by atoms with E-state index in [0.29, 0.717) is 13.0 Å². The van der Waals surface area contributed by atoms with Crippen molar-refractivity contribution < 1.29 is 14.6 Å². The Morgan fingerprint density at radius 1 is 1.40 bits per heavy atom. The predicted octanol–water partition coefficient (Wildman–Crippen LogP) is 1.22. The van der Waals surface area contributed by atoms with Gasteiger partial charge < -0.3 is 15.2 Å². The molecule has 2 N–H and O–H groups in total. The quantitative estimate of drug-likeness (QED) is 0.811. The van der Waals surface area contributed by atoms with E-state index in [-0.39, 0.29) is 18.6 Å². The molecule has 1 atom stereocenters. The summed E-state index contributed by atoms with van der Waals surface area (Å²) in [5.74, 6) is 5.46. The maximum Gasteiger partial charge on any atom is 0.222 e. The zero-order valence-corrected chi connectivity index (χ0v) is 11.4. The first-order chi connectivity index (χ1) is 9.78.